The molecule has 1 aliphatic rings. The first kappa shape index (κ1) is 11.9. The quantitative estimate of drug-likeness (QED) is 0.875. The summed E-state index contributed by atoms with van der Waals surface area (Å²) >= 11 is 3.49. The van der Waals surface area contributed by atoms with E-state index in [-0.39, 0.29) is 12.3 Å². The molecular weight excluding hydrogens is 298 g/mol. The van der Waals surface area contributed by atoms with Gasteiger partial charge in [0.2, 0.25) is 0 Å². The minimum atomic E-state index is -0.0263. The van der Waals surface area contributed by atoms with E-state index < -0.39 is 0 Å². The Morgan fingerprint density at radius 3 is 3.00 bits per heavy atom. The maximum atomic E-state index is 5.87. The van der Waals surface area contributed by atoms with Crippen LogP contribution < -0.4 is 11.5 Å². The average molecular weight is 312 g/mol. The van der Waals surface area contributed by atoms with Gasteiger partial charge in [0.05, 0.1) is 11.5 Å². The number of nitrogen functional groups attached to an aromatic ring is 1. The van der Waals surface area contributed by atoms with Crippen LogP contribution in [0.2, 0.25) is 0 Å². The van der Waals surface area contributed by atoms with Crippen molar-refractivity contribution < 1.29 is 4.74 Å². The summed E-state index contributed by atoms with van der Waals surface area (Å²) in [5.41, 5.74) is 12.3. The Morgan fingerprint density at radius 2 is 2.28 bits per heavy atom. The molecule has 0 bridgehead atoms. The fraction of sp³-hybridized carbons (Fsp3) is 0.455. The number of hydrogen-bond donors (Lipinski definition) is 2. The van der Waals surface area contributed by atoms with Gasteiger partial charge in [0.1, 0.15) is 24.0 Å². The molecule has 0 saturated carbocycles. The first-order valence-corrected chi connectivity index (χ1v) is 6.62. The molecule has 18 heavy (non-hydrogen) atoms. The van der Waals surface area contributed by atoms with E-state index in [1.807, 2.05) is 10.8 Å². The molecule has 3 heterocycles. The highest BCUT2D eigenvalue weighted by atomic mass is 79.9. The summed E-state index contributed by atoms with van der Waals surface area (Å²) in [7, 11) is 0. The van der Waals surface area contributed by atoms with Gasteiger partial charge >= 0.3 is 0 Å². The van der Waals surface area contributed by atoms with Crippen LogP contribution in [0.1, 0.15) is 19.1 Å². The van der Waals surface area contributed by atoms with Crippen LogP contribution in [0.25, 0.3) is 11.0 Å². The van der Waals surface area contributed by atoms with Crippen LogP contribution in [0.3, 0.4) is 0 Å². The monoisotopic (exact) mass is 311 g/mol. The summed E-state index contributed by atoms with van der Waals surface area (Å²) in [6, 6.07) is 0. The van der Waals surface area contributed by atoms with Crippen LogP contribution in [0.15, 0.2) is 17.0 Å². The molecule has 7 heteroatoms. The van der Waals surface area contributed by atoms with Crippen molar-refractivity contribution in [1.29, 1.82) is 0 Å². The SMILES string of the molecule is NCC1CCC(n2cc(Br)c3c(N)ncnc32)O1. The molecular formula is C11H14BrN5O. The second kappa shape index (κ2) is 4.49. The zero-order chi connectivity index (χ0) is 12.7. The third-order valence-electron chi connectivity index (χ3n) is 3.25. The van der Waals surface area contributed by atoms with E-state index in [4.69, 9.17) is 16.2 Å². The van der Waals surface area contributed by atoms with E-state index in [0.29, 0.717) is 12.4 Å². The Balaban J connectivity index is 2.06. The van der Waals surface area contributed by atoms with Crippen LogP contribution in [0.5, 0.6) is 0 Å². The van der Waals surface area contributed by atoms with E-state index in [1.165, 1.54) is 6.33 Å². The topological polar surface area (TPSA) is 92.0 Å². The van der Waals surface area contributed by atoms with Gasteiger partial charge in [-0.1, -0.05) is 0 Å². The van der Waals surface area contributed by atoms with Crippen LogP contribution in [-0.4, -0.2) is 27.2 Å². The fourth-order valence-corrected chi connectivity index (χ4v) is 2.95. The molecule has 1 saturated heterocycles. The molecule has 2 unspecified atom stereocenters. The lowest BCUT2D eigenvalue weighted by atomic mass is 10.2. The van der Waals surface area contributed by atoms with E-state index in [1.54, 1.807) is 0 Å². The van der Waals surface area contributed by atoms with Crippen LogP contribution in [0, 0.1) is 0 Å². The molecule has 2 aromatic rings. The second-order valence-electron chi connectivity index (χ2n) is 4.37. The normalized spacial score (nSPS) is 23.9. The lowest BCUT2D eigenvalue weighted by Crippen LogP contribution is -2.20. The van der Waals surface area contributed by atoms with Crippen LogP contribution in [0.4, 0.5) is 5.82 Å². The molecule has 1 aliphatic heterocycles. The molecule has 0 radical (unpaired) electrons. The van der Waals surface area contributed by atoms with Gasteiger partial charge in [-0.05, 0) is 28.8 Å². The number of halogens is 1. The van der Waals surface area contributed by atoms with Crippen molar-refractivity contribution in [2.45, 2.75) is 25.2 Å². The number of ether oxygens (including phenoxy) is 1. The number of hydrogen-bond acceptors (Lipinski definition) is 5. The largest absolute Gasteiger partial charge is 0.383 e. The van der Waals surface area contributed by atoms with Crippen molar-refractivity contribution >= 4 is 32.8 Å². The summed E-state index contributed by atoms with van der Waals surface area (Å²) < 4.78 is 8.75. The molecule has 2 atom stereocenters. The molecule has 2 aromatic heterocycles. The smallest absolute Gasteiger partial charge is 0.148 e. The summed E-state index contributed by atoms with van der Waals surface area (Å²) in [6.07, 6.45) is 5.42. The molecule has 1 fully saturated rings. The predicted octanol–water partition coefficient (Wildman–Crippen LogP) is 1.41. The maximum absolute atomic E-state index is 5.87. The van der Waals surface area contributed by atoms with Crippen molar-refractivity contribution in [1.82, 2.24) is 14.5 Å². The van der Waals surface area contributed by atoms with Gasteiger partial charge in [0.25, 0.3) is 0 Å². The number of nitrogens with two attached hydrogens (primary N) is 2. The fourth-order valence-electron chi connectivity index (χ4n) is 2.35. The van der Waals surface area contributed by atoms with Crippen LogP contribution in [-0.2, 0) is 4.74 Å². The molecule has 3 rings (SSSR count). The van der Waals surface area contributed by atoms with E-state index >= 15 is 0 Å². The van der Waals surface area contributed by atoms with Gasteiger partial charge in [0.15, 0.2) is 0 Å². The molecule has 0 spiro atoms. The highest BCUT2D eigenvalue weighted by Crippen LogP contribution is 2.35. The van der Waals surface area contributed by atoms with E-state index in [2.05, 4.69) is 25.9 Å². The van der Waals surface area contributed by atoms with Crippen molar-refractivity contribution in [3.63, 3.8) is 0 Å². The van der Waals surface area contributed by atoms with Gasteiger partial charge in [0, 0.05) is 17.2 Å². The lowest BCUT2D eigenvalue weighted by molar-refractivity contribution is 0.00894. The summed E-state index contributed by atoms with van der Waals surface area (Å²) in [4.78, 5) is 8.29. The Morgan fingerprint density at radius 1 is 1.44 bits per heavy atom. The Hall–Kier alpha value is -1.18. The Bertz CT molecular complexity index is 584. The third-order valence-corrected chi connectivity index (χ3v) is 3.85. The zero-order valence-electron chi connectivity index (χ0n) is 9.71. The van der Waals surface area contributed by atoms with Crippen molar-refractivity contribution in [2.24, 2.45) is 5.73 Å². The zero-order valence-corrected chi connectivity index (χ0v) is 11.3. The predicted molar refractivity (Wildman–Crippen MR) is 71.8 cm³/mol. The van der Waals surface area contributed by atoms with Crippen molar-refractivity contribution in [3.05, 3.63) is 17.0 Å². The standard InChI is InChI=1S/C11H14BrN5O/c12-7-4-17(8-2-1-6(3-13)18-8)11-9(7)10(14)15-5-16-11/h4-6,8H,1-3,13H2,(H2,14,15,16). The van der Waals surface area contributed by atoms with E-state index in [0.717, 1.165) is 28.3 Å². The number of rotatable bonds is 2. The first-order valence-electron chi connectivity index (χ1n) is 5.82. The van der Waals surface area contributed by atoms with Crippen molar-refractivity contribution in [3.8, 4) is 0 Å². The number of nitrogens with zero attached hydrogens (tertiary/aromatic N) is 3. The lowest BCUT2D eigenvalue weighted by Gasteiger charge is -2.14. The number of anilines is 1. The second-order valence-corrected chi connectivity index (χ2v) is 5.22. The number of aromatic nitrogens is 3. The molecule has 96 valence electrons. The molecule has 6 nitrogen and oxygen atoms in total. The Kier molecular flexibility index (Phi) is 2.96. The maximum Gasteiger partial charge on any atom is 0.148 e. The third kappa shape index (κ3) is 1.79. The Labute approximate surface area is 112 Å². The number of fused-ring (bicyclic) bond motifs is 1. The molecule has 0 aliphatic carbocycles. The van der Waals surface area contributed by atoms with Crippen molar-refractivity contribution in [2.75, 3.05) is 12.3 Å². The van der Waals surface area contributed by atoms with Gasteiger partial charge in [-0.3, -0.25) is 0 Å². The van der Waals surface area contributed by atoms with Gasteiger partial charge < -0.3 is 20.8 Å². The highest BCUT2D eigenvalue weighted by Gasteiger charge is 2.27. The summed E-state index contributed by atoms with van der Waals surface area (Å²) in [5.74, 6) is 0.471. The van der Waals surface area contributed by atoms with Gasteiger partial charge in [-0.25, -0.2) is 9.97 Å². The summed E-state index contributed by atoms with van der Waals surface area (Å²) in [5, 5.41) is 0.831. The minimum Gasteiger partial charge on any atom is -0.383 e. The minimum absolute atomic E-state index is 0.0263. The van der Waals surface area contributed by atoms with Crippen LogP contribution >= 0.6 is 15.9 Å². The molecule has 0 aromatic carbocycles. The highest BCUT2D eigenvalue weighted by molar-refractivity contribution is 9.10. The van der Waals surface area contributed by atoms with Gasteiger partial charge in [-0.2, -0.15) is 0 Å². The van der Waals surface area contributed by atoms with E-state index in [9.17, 15) is 0 Å². The first-order chi connectivity index (χ1) is 8.70. The molecule has 4 N–H and O–H groups in total. The van der Waals surface area contributed by atoms with Gasteiger partial charge in [-0.15, -0.1) is 0 Å². The average Bonchev–Trinajstić information content (AvgIpc) is 2.94. The summed E-state index contributed by atoms with van der Waals surface area (Å²) in [6.45, 7) is 0.550. The molecule has 0 amide bonds.